The van der Waals surface area contributed by atoms with Crippen LogP contribution in [0.25, 0.3) is 0 Å². The van der Waals surface area contributed by atoms with Gasteiger partial charge in [0.25, 0.3) is 12.3 Å². The molecule has 0 unspecified atom stereocenters. The van der Waals surface area contributed by atoms with E-state index in [9.17, 15) is 23.5 Å². The summed E-state index contributed by atoms with van der Waals surface area (Å²) in [6.45, 7) is 3.27. The minimum atomic E-state index is -3.19. The summed E-state index contributed by atoms with van der Waals surface area (Å²) < 4.78 is 31.3. The van der Waals surface area contributed by atoms with Crippen LogP contribution in [0, 0.1) is 17.8 Å². The monoisotopic (exact) mass is 379 g/mol. The predicted molar refractivity (Wildman–Crippen MR) is 95.4 cm³/mol. The van der Waals surface area contributed by atoms with Crippen LogP contribution in [0.2, 0.25) is 0 Å². The zero-order valence-corrected chi connectivity index (χ0v) is 15.3. The van der Waals surface area contributed by atoms with E-state index in [0.29, 0.717) is 13.2 Å². The summed E-state index contributed by atoms with van der Waals surface area (Å²) >= 11 is 0. The number of hydrogen-bond acceptors (Lipinski definition) is 4. The first kappa shape index (κ1) is 21.0. The fourth-order valence-corrected chi connectivity index (χ4v) is 2.73. The van der Waals surface area contributed by atoms with Crippen LogP contribution >= 0.6 is 0 Å². The molecule has 0 aliphatic carbocycles. The number of carbonyl (C=O) groups excluding carboxylic acids is 2. The first-order chi connectivity index (χ1) is 12.7. The Labute approximate surface area is 157 Å². The number of benzene rings is 1. The minimum Gasteiger partial charge on any atom is -0.382 e. The van der Waals surface area contributed by atoms with Crippen LogP contribution < -0.4 is 5.32 Å². The predicted octanol–water partition coefficient (Wildman–Crippen LogP) is 2.17. The highest BCUT2D eigenvalue weighted by molar-refractivity contribution is 5.98. The third-order valence-corrected chi connectivity index (χ3v) is 4.50. The number of rotatable bonds is 5. The van der Waals surface area contributed by atoms with Gasteiger partial charge in [-0.3, -0.25) is 9.59 Å². The lowest BCUT2D eigenvalue weighted by molar-refractivity contribution is -0.138. The molecule has 1 aromatic carbocycles. The van der Waals surface area contributed by atoms with Gasteiger partial charge in [-0.1, -0.05) is 11.8 Å². The average Bonchev–Trinajstić information content (AvgIpc) is 2.65. The minimum absolute atomic E-state index is 0.183. The standard InChI is InChI=1S/C20H23F2NO4/c1-13(24)17(20(2,26)19(21)22)23-18(25)16-7-5-14(6-8-16)3-4-15-9-11-27-12-10-15/h5-8,15,17,19,26H,9-12H2,1-2H3,(H,23,25)/t17-,20+/m1/s1. The van der Waals surface area contributed by atoms with E-state index in [1.54, 1.807) is 12.1 Å². The van der Waals surface area contributed by atoms with E-state index < -0.39 is 29.8 Å². The second-order valence-corrected chi connectivity index (χ2v) is 6.78. The van der Waals surface area contributed by atoms with Crippen LogP contribution in [-0.4, -0.2) is 48.1 Å². The molecule has 2 N–H and O–H groups in total. The van der Waals surface area contributed by atoms with Gasteiger partial charge in [-0.25, -0.2) is 8.78 Å². The van der Waals surface area contributed by atoms with Gasteiger partial charge in [0.2, 0.25) is 0 Å². The van der Waals surface area contributed by atoms with Gasteiger partial charge in [0.1, 0.15) is 11.6 Å². The van der Waals surface area contributed by atoms with Crippen LogP contribution in [-0.2, 0) is 9.53 Å². The SMILES string of the molecule is CC(=O)[C@@H](NC(=O)c1ccc(C#CC2CCOCC2)cc1)[C@](C)(O)C(F)F. The summed E-state index contributed by atoms with van der Waals surface area (Å²) in [5, 5.41) is 12.0. The van der Waals surface area contributed by atoms with Gasteiger partial charge < -0.3 is 15.2 Å². The lowest BCUT2D eigenvalue weighted by atomic mass is 9.93. The van der Waals surface area contributed by atoms with E-state index >= 15 is 0 Å². The zero-order valence-electron chi connectivity index (χ0n) is 15.3. The molecular formula is C20H23F2NO4. The number of amides is 1. The summed E-state index contributed by atoms with van der Waals surface area (Å²) in [6.07, 6.45) is -1.40. The third kappa shape index (κ3) is 5.59. The molecule has 5 nitrogen and oxygen atoms in total. The van der Waals surface area contributed by atoms with Crippen molar-refractivity contribution in [2.75, 3.05) is 13.2 Å². The van der Waals surface area contributed by atoms with Gasteiger partial charge in [-0.05, 0) is 51.0 Å². The normalized spacial score (nSPS) is 18.1. The van der Waals surface area contributed by atoms with Crippen LogP contribution in [0.3, 0.4) is 0 Å². The average molecular weight is 379 g/mol. The number of carbonyl (C=O) groups is 2. The largest absolute Gasteiger partial charge is 0.382 e. The smallest absolute Gasteiger partial charge is 0.269 e. The number of nitrogens with one attached hydrogen (secondary N) is 1. The molecule has 0 bridgehead atoms. The molecule has 0 spiro atoms. The molecule has 1 saturated heterocycles. The summed E-state index contributed by atoms with van der Waals surface area (Å²) in [6, 6.07) is 4.58. The van der Waals surface area contributed by atoms with Crippen LogP contribution in [0.4, 0.5) is 8.78 Å². The number of Topliss-reactive ketones (excluding diaryl/α,β-unsaturated/α-hetero) is 1. The van der Waals surface area contributed by atoms with Crippen molar-refractivity contribution in [2.45, 2.75) is 44.8 Å². The number of hydrogen-bond donors (Lipinski definition) is 2. The number of ketones is 1. The van der Waals surface area contributed by atoms with Crippen molar-refractivity contribution in [2.24, 2.45) is 5.92 Å². The maximum absolute atomic E-state index is 13.0. The summed E-state index contributed by atoms with van der Waals surface area (Å²) in [4.78, 5) is 23.9. The van der Waals surface area contributed by atoms with Gasteiger partial charge in [0.15, 0.2) is 5.78 Å². The fourth-order valence-electron chi connectivity index (χ4n) is 2.73. The van der Waals surface area contributed by atoms with E-state index in [1.807, 2.05) is 0 Å². The molecule has 0 aromatic heterocycles. The highest BCUT2D eigenvalue weighted by atomic mass is 19.3. The van der Waals surface area contributed by atoms with Crippen molar-refractivity contribution in [3.8, 4) is 11.8 Å². The number of aliphatic hydroxyl groups is 1. The molecule has 2 rings (SSSR count). The lowest BCUT2D eigenvalue weighted by Crippen LogP contribution is -2.58. The van der Waals surface area contributed by atoms with Crippen LogP contribution in [0.15, 0.2) is 24.3 Å². The quantitative estimate of drug-likeness (QED) is 0.769. The molecular weight excluding hydrogens is 356 g/mol. The topological polar surface area (TPSA) is 75.6 Å². The Hall–Kier alpha value is -2.30. The molecule has 1 heterocycles. The highest BCUT2D eigenvalue weighted by Gasteiger charge is 2.44. The van der Waals surface area contributed by atoms with Crippen molar-refractivity contribution in [1.82, 2.24) is 5.32 Å². The Kier molecular flexibility index (Phi) is 7.05. The van der Waals surface area contributed by atoms with E-state index in [0.717, 1.165) is 32.3 Å². The second-order valence-electron chi connectivity index (χ2n) is 6.78. The maximum atomic E-state index is 13.0. The molecule has 146 valence electrons. The second kappa shape index (κ2) is 9.07. The zero-order chi connectivity index (χ0) is 20.0. The Bertz CT molecular complexity index is 729. The molecule has 7 heteroatoms. The van der Waals surface area contributed by atoms with Crippen LogP contribution in [0.1, 0.15) is 42.6 Å². The molecule has 1 aliphatic rings. The van der Waals surface area contributed by atoms with Crippen molar-refractivity contribution < 1.29 is 28.2 Å². The Morgan fingerprint density at radius 3 is 2.37 bits per heavy atom. The highest BCUT2D eigenvalue weighted by Crippen LogP contribution is 2.21. The molecule has 0 saturated carbocycles. The van der Waals surface area contributed by atoms with E-state index in [2.05, 4.69) is 17.2 Å². The molecule has 2 atom stereocenters. The Morgan fingerprint density at radius 2 is 1.85 bits per heavy atom. The molecule has 27 heavy (non-hydrogen) atoms. The lowest BCUT2D eigenvalue weighted by Gasteiger charge is -2.30. The fraction of sp³-hybridized carbons (Fsp3) is 0.500. The van der Waals surface area contributed by atoms with Gasteiger partial charge in [0.05, 0.1) is 0 Å². The van der Waals surface area contributed by atoms with Crippen LogP contribution in [0.5, 0.6) is 0 Å². The number of ether oxygens (including phenoxy) is 1. The first-order valence-corrected chi connectivity index (χ1v) is 8.73. The molecule has 1 fully saturated rings. The first-order valence-electron chi connectivity index (χ1n) is 8.73. The maximum Gasteiger partial charge on any atom is 0.269 e. The number of alkyl halides is 2. The molecule has 1 aliphatic heterocycles. The van der Waals surface area contributed by atoms with E-state index in [1.165, 1.54) is 12.1 Å². The van der Waals surface area contributed by atoms with E-state index in [4.69, 9.17) is 4.74 Å². The Balaban J connectivity index is 2.06. The third-order valence-electron chi connectivity index (χ3n) is 4.50. The molecule has 1 aromatic rings. The van der Waals surface area contributed by atoms with Crippen molar-refractivity contribution in [3.63, 3.8) is 0 Å². The Morgan fingerprint density at radius 1 is 1.26 bits per heavy atom. The molecule has 1 amide bonds. The van der Waals surface area contributed by atoms with Crippen molar-refractivity contribution in [1.29, 1.82) is 0 Å². The van der Waals surface area contributed by atoms with Gasteiger partial charge in [-0.15, -0.1) is 0 Å². The van der Waals surface area contributed by atoms with Crippen molar-refractivity contribution in [3.05, 3.63) is 35.4 Å². The summed E-state index contributed by atoms with van der Waals surface area (Å²) in [5.74, 6) is 5.03. The summed E-state index contributed by atoms with van der Waals surface area (Å²) in [5.41, 5.74) is -1.75. The van der Waals surface area contributed by atoms with Gasteiger partial charge in [0, 0.05) is 30.3 Å². The van der Waals surface area contributed by atoms with Crippen molar-refractivity contribution >= 4 is 11.7 Å². The number of halogens is 2. The van der Waals surface area contributed by atoms with Gasteiger partial charge in [-0.2, -0.15) is 0 Å². The van der Waals surface area contributed by atoms with Gasteiger partial charge >= 0.3 is 0 Å². The van der Waals surface area contributed by atoms with E-state index in [-0.39, 0.29) is 11.5 Å². The molecule has 0 radical (unpaired) electrons. The summed E-state index contributed by atoms with van der Waals surface area (Å²) in [7, 11) is 0.